The van der Waals surface area contributed by atoms with Crippen molar-refractivity contribution in [3.05, 3.63) is 53.3 Å². The molecule has 2 aromatic rings. The van der Waals surface area contributed by atoms with Crippen molar-refractivity contribution in [3.63, 3.8) is 0 Å². The molecule has 0 unspecified atom stereocenters. The number of hydrogen-bond acceptors (Lipinski definition) is 3. The molecule has 0 saturated carbocycles. The van der Waals surface area contributed by atoms with Crippen LogP contribution in [0.3, 0.4) is 0 Å². The van der Waals surface area contributed by atoms with E-state index < -0.39 is 20.7 Å². The number of anilines is 2. The van der Waals surface area contributed by atoms with E-state index >= 15 is 0 Å². The molecule has 0 aliphatic carbocycles. The predicted molar refractivity (Wildman–Crippen MR) is 77.5 cm³/mol. The molecule has 0 amide bonds. The monoisotopic (exact) mass is 294 g/mol. The average Bonchev–Trinajstić information content (AvgIpc) is 2.32. The third-order valence-electron chi connectivity index (χ3n) is 2.87. The number of nitrogens with two attached hydrogens (primary N) is 1. The van der Waals surface area contributed by atoms with E-state index in [-0.39, 0.29) is 5.69 Å². The van der Waals surface area contributed by atoms with Crippen LogP contribution in [0.2, 0.25) is 0 Å². The summed E-state index contributed by atoms with van der Waals surface area (Å²) in [6.07, 6.45) is 0. The number of rotatable bonds is 3. The van der Waals surface area contributed by atoms with E-state index in [0.29, 0.717) is 5.69 Å². The summed E-state index contributed by atoms with van der Waals surface area (Å²) in [6, 6.07) is 8.76. The van der Waals surface area contributed by atoms with Crippen molar-refractivity contribution in [2.24, 2.45) is 0 Å². The first kappa shape index (κ1) is 14.3. The van der Waals surface area contributed by atoms with Gasteiger partial charge in [-0.3, -0.25) is 4.72 Å². The highest BCUT2D eigenvalue weighted by Crippen LogP contribution is 2.23. The summed E-state index contributed by atoms with van der Waals surface area (Å²) in [4.78, 5) is -0.424. The molecular weight excluding hydrogens is 279 g/mol. The zero-order chi connectivity index (χ0) is 14.9. The van der Waals surface area contributed by atoms with Crippen molar-refractivity contribution >= 4 is 21.4 Å². The first-order chi connectivity index (χ1) is 9.29. The van der Waals surface area contributed by atoms with Gasteiger partial charge in [-0.15, -0.1) is 0 Å². The largest absolute Gasteiger partial charge is 0.399 e. The molecule has 2 aromatic carbocycles. The van der Waals surface area contributed by atoms with E-state index in [1.807, 2.05) is 13.0 Å². The number of sulfonamides is 1. The molecule has 0 saturated heterocycles. The number of nitrogens with one attached hydrogen (secondary N) is 1. The minimum Gasteiger partial charge on any atom is -0.399 e. The molecule has 6 heteroatoms. The first-order valence-electron chi connectivity index (χ1n) is 5.95. The smallest absolute Gasteiger partial charge is 0.264 e. The Morgan fingerprint density at radius 3 is 2.40 bits per heavy atom. The molecule has 0 heterocycles. The van der Waals surface area contributed by atoms with Crippen LogP contribution in [0.4, 0.5) is 15.8 Å². The molecule has 0 atom stereocenters. The molecule has 4 nitrogen and oxygen atoms in total. The van der Waals surface area contributed by atoms with E-state index in [2.05, 4.69) is 4.72 Å². The second-order valence-corrected chi connectivity index (χ2v) is 6.26. The van der Waals surface area contributed by atoms with Gasteiger partial charge in [0, 0.05) is 5.69 Å². The molecular formula is C14H15FN2O2S. The van der Waals surface area contributed by atoms with Crippen LogP contribution in [0.1, 0.15) is 11.1 Å². The molecule has 0 aromatic heterocycles. The van der Waals surface area contributed by atoms with Gasteiger partial charge in [0.05, 0.1) is 5.69 Å². The van der Waals surface area contributed by atoms with Gasteiger partial charge in [0.25, 0.3) is 10.0 Å². The topological polar surface area (TPSA) is 72.2 Å². The van der Waals surface area contributed by atoms with Gasteiger partial charge in [-0.25, -0.2) is 12.8 Å². The highest BCUT2D eigenvalue weighted by atomic mass is 32.2. The van der Waals surface area contributed by atoms with Crippen LogP contribution in [-0.4, -0.2) is 8.42 Å². The highest BCUT2D eigenvalue weighted by Gasteiger charge is 2.19. The zero-order valence-electron chi connectivity index (χ0n) is 11.1. The van der Waals surface area contributed by atoms with E-state index in [4.69, 9.17) is 5.73 Å². The molecule has 3 N–H and O–H groups in total. The van der Waals surface area contributed by atoms with Crippen molar-refractivity contribution < 1.29 is 12.8 Å². The quantitative estimate of drug-likeness (QED) is 0.855. The maximum Gasteiger partial charge on any atom is 0.264 e. The summed E-state index contributed by atoms with van der Waals surface area (Å²) in [7, 11) is -3.98. The Kier molecular flexibility index (Phi) is 3.67. The maximum absolute atomic E-state index is 13.7. The van der Waals surface area contributed by atoms with Gasteiger partial charge in [0.15, 0.2) is 0 Å². The van der Waals surface area contributed by atoms with Crippen molar-refractivity contribution in [2.75, 3.05) is 10.5 Å². The number of aryl methyl sites for hydroxylation is 2. The predicted octanol–water partition coefficient (Wildman–Crippen LogP) is 2.83. The number of nitrogen functional groups attached to an aromatic ring is 1. The van der Waals surface area contributed by atoms with Gasteiger partial charge in [-0.2, -0.15) is 0 Å². The minimum absolute atomic E-state index is 0.174. The summed E-state index contributed by atoms with van der Waals surface area (Å²) in [5, 5.41) is 0. The summed E-state index contributed by atoms with van der Waals surface area (Å²) in [5.74, 6) is -0.873. The molecule has 0 spiro atoms. The normalized spacial score (nSPS) is 11.3. The molecule has 0 radical (unpaired) electrons. The number of benzene rings is 2. The third kappa shape index (κ3) is 2.91. The van der Waals surface area contributed by atoms with Gasteiger partial charge in [0.1, 0.15) is 10.7 Å². The van der Waals surface area contributed by atoms with Gasteiger partial charge in [0.2, 0.25) is 0 Å². The van der Waals surface area contributed by atoms with Crippen LogP contribution in [0, 0.1) is 19.7 Å². The Labute approximate surface area is 117 Å². The Hall–Kier alpha value is -2.08. The molecule has 0 fully saturated rings. The molecule has 106 valence electrons. The lowest BCUT2D eigenvalue weighted by Crippen LogP contribution is -2.15. The van der Waals surface area contributed by atoms with Crippen LogP contribution in [0.15, 0.2) is 41.3 Å². The van der Waals surface area contributed by atoms with Crippen LogP contribution in [0.25, 0.3) is 0 Å². The minimum atomic E-state index is -3.98. The molecule has 20 heavy (non-hydrogen) atoms. The standard InChI is InChI=1S/C14H15FN2O2S/c1-9-3-5-13(10(2)7-9)17-20(18,19)14-6-4-11(16)8-12(14)15/h3-8,17H,16H2,1-2H3. The Morgan fingerprint density at radius 2 is 1.80 bits per heavy atom. The SMILES string of the molecule is Cc1ccc(NS(=O)(=O)c2ccc(N)cc2F)c(C)c1. The van der Waals surface area contributed by atoms with E-state index in [1.165, 1.54) is 6.07 Å². The fraction of sp³-hybridized carbons (Fsp3) is 0.143. The van der Waals surface area contributed by atoms with Crippen molar-refractivity contribution in [1.82, 2.24) is 0 Å². The Balaban J connectivity index is 2.41. The molecule has 0 aliphatic rings. The lowest BCUT2D eigenvalue weighted by molar-refractivity contribution is 0.571. The van der Waals surface area contributed by atoms with E-state index in [0.717, 1.165) is 23.3 Å². The maximum atomic E-state index is 13.7. The second-order valence-electron chi connectivity index (χ2n) is 4.61. The van der Waals surface area contributed by atoms with Gasteiger partial charge < -0.3 is 5.73 Å². The lowest BCUT2D eigenvalue weighted by Gasteiger charge is -2.12. The third-order valence-corrected chi connectivity index (χ3v) is 4.27. The van der Waals surface area contributed by atoms with Crippen molar-refractivity contribution in [3.8, 4) is 0 Å². The van der Waals surface area contributed by atoms with Crippen LogP contribution in [-0.2, 0) is 10.0 Å². The number of halogens is 1. The summed E-state index contributed by atoms with van der Waals surface area (Å²) in [5.41, 5.74) is 7.79. The highest BCUT2D eigenvalue weighted by molar-refractivity contribution is 7.92. The Bertz CT molecular complexity index is 758. The van der Waals surface area contributed by atoms with Crippen molar-refractivity contribution in [2.45, 2.75) is 18.7 Å². The van der Waals surface area contributed by atoms with Crippen LogP contribution in [0.5, 0.6) is 0 Å². The average molecular weight is 294 g/mol. The summed E-state index contributed by atoms with van der Waals surface area (Å²) < 4.78 is 40.5. The van der Waals surface area contributed by atoms with Gasteiger partial charge in [-0.1, -0.05) is 17.7 Å². The summed E-state index contributed by atoms with van der Waals surface area (Å²) in [6.45, 7) is 3.69. The first-order valence-corrected chi connectivity index (χ1v) is 7.43. The second kappa shape index (κ2) is 5.13. The van der Waals surface area contributed by atoms with E-state index in [1.54, 1.807) is 19.1 Å². The van der Waals surface area contributed by atoms with E-state index in [9.17, 15) is 12.8 Å². The van der Waals surface area contributed by atoms with Crippen LogP contribution < -0.4 is 10.5 Å². The van der Waals surface area contributed by atoms with Gasteiger partial charge in [-0.05, 0) is 43.7 Å². The zero-order valence-corrected chi connectivity index (χ0v) is 12.0. The molecule has 2 rings (SSSR count). The number of hydrogen-bond donors (Lipinski definition) is 2. The lowest BCUT2D eigenvalue weighted by atomic mass is 10.1. The van der Waals surface area contributed by atoms with Crippen LogP contribution >= 0.6 is 0 Å². The fourth-order valence-electron chi connectivity index (χ4n) is 1.86. The fourth-order valence-corrected chi connectivity index (χ4v) is 3.05. The molecule has 0 aliphatic heterocycles. The van der Waals surface area contributed by atoms with Gasteiger partial charge >= 0.3 is 0 Å². The summed E-state index contributed by atoms with van der Waals surface area (Å²) >= 11 is 0. The molecule has 0 bridgehead atoms. The van der Waals surface area contributed by atoms with Crippen molar-refractivity contribution in [1.29, 1.82) is 0 Å². The Morgan fingerprint density at radius 1 is 1.10 bits per heavy atom.